The molecule has 1 atom stereocenters. The van der Waals surface area contributed by atoms with E-state index in [0.717, 1.165) is 9.87 Å². The summed E-state index contributed by atoms with van der Waals surface area (Å²) < 4.78 is 33.9. The Hall–Kier alpha value is -3.27. The van der Waals surface area contributed by atoms with Crippen LogP contribution in [0.5, 0.6) is 5.75 Å². The molecular weight excluding hydrogens is 573 g/mol. The maximum Gasteiger partial charge on any atom is 0.264 e. The standard InChI is InChI=1S/C29H33Cl2N3O5S/c1-20(2)17-32-29(36)21(3)33(18-22-8-10-23(30)11-9-22)28(35)19-34(25-7-5-6-24(31)16-25)40(37,38)27-14-12-26(39-4)13-15-27/h5-16,20-21H,17-19H2,1-4H3,(H,32,36). The predicted octanol–water partition coefficient (Wildman–Crippen LogP) is 5.39. The molecule has 0 aromatic heterocycles. The molecule has 3 aromatic rings. The van der Waals surface area contributed by atoms with E-state index in [0.29, 0.717) is 22.3 Å². The Balaban J connectivity index is 2.01. The van der Waals surface area contributed by atoms with E-state index in [1.54, 1.807) is 49.4 Å². The number of nitrogens with zero attached hydrogens (tertiary/aromatic N) is 2. The van der Waals surface area contributed by atoms with Gasteiger partial charge in [-0.1, -0.05) is 55.2 Å². The number of hydrogen-bond acceptors (Lipinski definition) is 5. The highest BCUT2D eigenvalue weighted by Crippen LogP contribution is 2.28. The van der Waals surface area contributed by atoms with E-state index < -0.39 is 28.5 Å². The van der Waals surface area contributed by atoms with Crippen molar-refractivity contribution < 1.29 is 22.7 Å². The number of halogens is 2. The van der Waals surface area contributed by atoms with Crippen LogP contribution < -0.4 is 14.4 Å². The Kier molecular flexibility index (Phi) is 10.8. The molecule has 0 aliphatic carbocycles. The number of carbonyl (C=O) groups is 2. The number of hydrogen-bond donors (Lipinski definition) is 1. The van der Waals surface area contributed by atoms with Crippen LogP contribution in [-0.2, 0) is 26.2 Å². The fourth-order valence-corrected chi connectivity index (χ4v) is 5.57. The van der Waals surface area contributed by atoms with Gasteiger partial charge in [0.25, 0.3) is 10.0 Å². The molecule has 8 nitrogen and oxygen atoms in total. The highest BCUT2D eigenvalue weighted by molar-refractivity contribution is 7.92. The summed E-state index contributed by atoms with van der Waals surface area (Å²) in [6.07, 6.45) is 0. The minimum atomic E-state index is -4.22. The van der Waals surface area contributed by atoms with Crippen LogP contribution in [0.4, 0.5) is 5.69 Å². The quantitative estimate of drug-likeness (QED) is 0.299. The van der Waals surface area contributed by atoms with Gasteiger partial charge in [-0.05, 0) is 73.0 Å². The molecule has 0 radical (unpaired) electrons. The van der Waals surface area contributed by atoms with Crippen molar-refractivity contribution in [3.05, 3.63) is 88.4 Å². The zero-order valence-electron chi connectivity index (χ0n) is 22.8. The van der Waals surface area contributed by atoms with Crippen molar-refractivity contribution in [1.29, 1.82) is 0 Å². The van der Waals surface area contributed by atoms with Crippen LogP contribution in [-0.4, -0.2) is 51.4 Å². The summed E-state index contributed by atoms with van der Waals surface area (Å²) in [5, 5.41) is 3.69. The van der Waals surface area contributed by atoms with E-state index in [1.807, 2.05) is 13.8 Å². The van der Waals surface area contributed by atoms with Crippen molar-refractivity contribution in [3.8, 4) is 5.75 Å². The first kappa shape index (κ1) is 31.3. The smallest absolute Gasteiger partial charge is 0.264 e. The first-order chi connectivity index (χ1) is 18.9. The number of rotatable bonds is 12. The number of ether oxygens (including phenoxy) is 1. The zero-order chi connectivity index (χ0) is 29.4. The van der Waals surface area contributed by atoms with E-state index in [-0.39, 0.29) is 29.0 Å². The van der Waals surface area contributed by atoms with Crippen molar-refractivity contribution in [2.24, 2.45) is 5.92 Å². The molecule has 1 N–H and O–H groups in total. The van der Waals surface area contributed by atoms with Crippen LogP contribution in [0.3, 0.4) is 0 Å². The van der Waals surface area contributed by atoms with Crippen molar-refractivity contribution in [1.82, 2.24) is 10.2 Å². The second-order valence-corrected chi connectivity index (χ2v) is 12.4. The van der Waals surface area contributed by atoms with Gasteiger partial charge in [-0.15, -0.1) is 0 Å². The summed E-state index contributed by atoms with van der Waals surface area (Å²) in [5.41, 5.74) is 0.939. The van der Waals surface area contributed by atoms with Crippen LogP contribution in [0.25, 0.3) is 0 Å². The number of methoxy groups -OCH3 is 1. The summed E-state index contributed by atoms with van der Waals surface area (Å²) in [6, 6.07) is 18.1. The van der Waals surface area contributed by atoms with E-state index in [4.69, 9.17) is 27.9 Å². The first-order valence-corrected chi connectivity index (χ1v) is 14.9. The molecule has 2 amide bonds. The third-order valence-corrected chi connectivity index (χ3v) is 8.42. The van der Waals surface area contributed by atoms with Gasteiger partial charge >= 0.3 is 0 Å². The third kappa shape index (κ3) is 8.13. The second-order valence-electron chi connectivity index (χ2n) is 9.63. The topological polar surface area (TPSA) is 96.0 Å². The van der Waals surface area contributed by atoms with Crippen LogP contribution in [0.1, 0.15) is 26.3 Å². The monoisotopic (exact) mass is 605 g/mol. The SMILES string of the molecule is COc1ccc(S(=O)(=O)N(CC(=O)N(Cc2ccc(Cl)cc2)C(C)C(=O)NCC(C)C)c2cccc(Cl)c2)cc1. The van der Waals surface area contributed by atoms with Gasteiger partial charge in [-0.2, -0.15) is 0 Å². The van der Waals surface area contributed by atoms with Gasteiger partial charge in [-0.3, -0.25) is 13.9 Å². The molecule has 0 saturated heterocycles. The van der Waals surface area contributed by atoms with Gasteiger partial charge in [0.15, 0.2) is 0 Å². The molecule has 0 aliphatic heterocycles. The summed E-state index contributed by atoms with van der Waals surface area (Å²) in [5.74, 6) is -0.216. The van der Waals surface area contributed by atoms with E-state index in [9.17, 15) is 18.0 Å². The molecular formula is C29H33Cl2N3O5S. The molecule has 0 fully saturated rings. The van der Waals surface area contributed by atoms with E-state index >= 15 is 0 Å². The first-order valence-electron chi connectivity index (χ1n) is 12.7. The number of carbonyl (C=O) groups excluding carboxylic acids is 2. The molecule has 0 bridgehead atoms. The summed E-state index contributed by atoms with van der Waals surface area (Å²) in [7, 11) is -2.74. The number of nitrogens with one attached hydrogen (secondary N) is 1. The van der Waals surface area contributed by atoms with Crippen molar-refractivity contribution in [2.75, 3.05) is 24.5 Å². The van der Waals surface area contributed by atoms with Gasteiger partial charge in [-0.25, -0.2) is 8.42 Å². The lowest BCUT2D eigenvalue weighted by Gasteiger charge is -2.32. The predicted molar refractivity (Wildman–Crippen MR) is 158 cm³/mol. The molecule has 0 heterocycles. The Morgan fingerprint density at radius 1 is 0.925 bits per heavy atom. The molecule has 3 rings (SSSR count). The zero-order valence-corrected chi connectivity index (χ0v) is 25.1. The molecule has 1 unspecified atom stereocenters. The maximum atomic E-state index is 13.9. The second kappa shape index (κ2) is 13.9. The fourth-order valence-electron chi connectivity index (χ4n) is 3.86. The van der Waals surface area contributed by atoms with Crippen molar-refractivity contribution >= 4 is 50.7 Å². The third-order valence-electron chi connectivity index (χ3n) is 6.14. The van der Waals surface area contributed by atoms with Crippen LogP contribution >= 0.6 is 23.2 Å². The van der Waals surface area contributed by atoms with Gasteiger partial charge in [0.1, 0.15) is 18.3 Å². The fraction of sp³-hybridized carbons (Fsp3) is 0.310. The summed E-state index contributed by atoms with van der Waals surface area (Å²) in [4.78, 5) is 28.3. The highest BCUT2D eigenvalue weighted by atomic mass is 35.5. The molecule has 0 aliphatic rings. The molecule has 11 heteroatoms. The molecule has 0 saturated carbocycles. The largest absolute Gasteiger partial charge is 0.497 e. The number of amides is 2. The van der Waals surface area contributed by atoms with Crippen LogP contribution in [0, 0.1) is 5.92 Å². The molecule has 3 aromatic carbocycles. The van der Waals surface area contributed by atoms with Crippen LogP contribution in [0.2, 0.25) is 10.0 Å². The lowest BCUT2D eigenvalue weighted by Crippen LogP contribution is -2.51. The van der Waals surface area contributed by atoms with Gasteiger partial charge < -0.3 is 15.0 Å². The maximum absolute atomic E-state index is 13.9. The Morgan fingerprint density at radius 2 is 1.57 bits per heavy atom. The lowest BCUT2D eigenvalue weighted by atomic mass is 10.1. The Bertz CT molecular complexity index is 1410. The highest BCUT2D eigenvalue weighted by Gasteiger charge is 2.32. The molecule has 0 spiro atoms. The molecule has 214 valence electrons. The summed E-state index contributed by atoms with van der Waals surface area (Å²) >= 11 is 12.2. The molecule has 40 heavy (non-hydrogen) atoms. The minimum absolute atomic E-state index is 0.0342. The number of anilines is 1. The average molecular weight is 607 g/mol. The van der Waals surface area contributed by atoms with E-state index in [2.05, 4.69) is 5.32 Å². The van der Waals surface area contributed by atoms with Crippen molar-refractivity contribution in [2.45, 2.75) is 38.3 Å². The number of sulfonamides is 1. The van der Waals surface area contributed by atoms with Gasteiger partial charge in [0.05, 0.1) is 17.7 Å². The van der Waals surface area contributed by atoms with Gasteiger partial charge in [0, 0.05) is 23.1 Å². The van der Waals surface area contributed by atoms with E-state index in [1.165, 1.54) is 42.3 Å². The Morgan fingerprint density at radius 3 is 2.15 bits per heavy atom. The van der Waals surface area contributed by atoms with Crippen molar-refractivity contribution in [3.63, 3.8) is 0 Å². The number of benzene rings is 3. The summed E-state index contributed by atoms with van der Waals surface area (Å²) in [6.45, 7) is 5.49. The average Bonchev–Trinajstić information content (AvgIpc) is 2.93. The minimum Gasteiger partial charge on any atom is -0.497 e. The van der Waals surface area contributed by atoms with Gasteiger partial charge in [0.2, 0.25) is 11.8 Å². The normalized spacial score (nSPS) is 12.1. The lowest BCUT2D eigenvalue weighted by molar-refractivity contribution is -0.139. The van der Waals surface area contributed by atoms with Crippen LogP contribution in [0.15, 0.2) is 77.7 Å². The Labute approximate surface area is 245 Å².